The Hall–Kier alpha value is -1.57. The molecule has 0 aliphatic rings. The van der Waals surface area contributed by atoms with Crippen molar-refractivity contribution < 1.29 is 9.13 Å². The van der Waals surface area contributed by atoms with Crippen LogP contribution < -0.4 is 4.74 Å². The second-order valence-corrected chi connectivity index (χ2v) is 2.83. The number of fused-ring (bicyclic) bond motifs is 1. The molecule has 2 aromatic rings. The summed E-state index contributed by atoms with van der Waals surface area (Å²) >= 11 is 0. The minimum absolute atomic E-state index is 0.222. The van der Waals surface area contributed by atoms with Crippen molar-refractivity contribution in [2.24, 2.45) is 0 Å². The Morgan fingerprint density at radius 2 is 2.00 bits per heavy atom. The minimum atomic E-state index is -0.222. The number of ether oxygens (including phenoxy) is 1. The highest BCUT2D eigenvalue weighted by molar-refractivity contribution is 5.88. The molecule has 13 heavy (non-hydrogen) atoms. The highest BCUT2D eigenvalue weighted by Gasteiger charge is 2.00. The summed E-state index contributed by atoms with van der Waals surface area (Å²) < 4.78 is 18.0. The van der Waals surface area contributed by atoms with Crippen molar-refractivity contribution in [3.8, 4) is 5.75 Å². The molecule has 2 heteroatoms. The topological polar surface area (TPSA) is 9.23 Å². The number of methoxy groups -OCH3 is 1. The van der Waals surface area contributed by atoms with E-state index in [1.807, 2.05) is 18.2 Å². The summed E-state index contributed by atoms with van der Waals surface area (Å²) in [5.74, 6) is 0.554. The number of hydrogen-bond acceptors (Lipinski definition) is 1. The molecule has 0 bridgehead atoms. The van der Waals surface area contributed by atoms with Gasteiger partial charge in [-0.3, -0.25) is 0 Å². The molecular formula is C11H9FO. The van der Waals surface area contributed by atoms with Crippen molar-refractivity contribution >= 4 is 10.8 Å². The lowest BCUT2D eigenvalue weighted by atomic mass is 10.1. The van der Waals surface area contributed by atoms with Gasteiger partial charge in [-0.1, -0.05) is 12.1 Å². The zero-order chi connectivity index (χ0) is 9.26. The number of hydrogen-bond donors (Lipinski definition) is 0. The van der Waals surface area contributed by atoms with E-state index in [0.29, 0.717) is 0 Å². The Kier molecular flexibility index (Phi) is 1.89. The average molecular weight is 176 g/mol. The van der Waals surface area contributed by atoms with Crippen LogP contribution in [0.2, 0.25) is 0 Å². The molecule has 66 valence electrons. The fourth-order valence-corrected chi connectivity index (χ4v) is 1.40. The summed E-state index contributed by atoms with van der Waals surface area (Å²) in [6.45, 7) is 0. The minimum Gasteiger partial charge on any atom is -0.496 e. The van der Waals surface area contributed by atoms with Crippen LogP contribution in [0.5, 0.6) is 5.75 Å². The van der Waals surface area contributed by atoms with Gasteiger partial charge in [-0.25, -0.2) is 4.39 Å². The summed E-state index contributed by atoms with van der Waals surface area (Å²) in [5.41, 5.74) is 0. The molecule has 0 radical (unpaired) electrons. The molecule has 0 atom stereocenters. The average Bonchev–Trinajstić information content (AvgIpc) is 2.16. The highest BCUT2D eigenvalue weighted by atomic mass is 19.1. The Morgan fingerprint density at radius 3 is 2.77 bits per heavy atom. The maximum absolute atomic E-state index is 12.8. The van der Waals surface area contributed by atoms with Crippen LogP contribution >= 0.6 is 0 Å². The van der Waals surface area contributed by atoms with Gasteiger partial charge in [0.25, 0.3) is 0 Å². The van der Waals surface area contributed by atoms with Crippen LogP contribution in [0.4, 0.5) is 4.39 Å². The van der Waals surface area contributed by atoms with E-state index < -0.39 is 0 Å². The molecule has 0 aliphatic carbocycles. The van der Waals surface area contributed by atoms with Crippen LogP contribution in [0.3, 0.4) is 0 Å². The van der Waals surface area contributed by atoms with Gasteiger partial charge in [0.1, 0.15) is 11.6 Å². The second-order valence-electron chi connectivity index (χ2n) is 2.83. The molecule has 0 saturated carbocycles. The summed E-state index contributed by atoms with van der Waals surface area (Å²) in [6.07, 6.45) is 0. The van der Waals surface area contributed by atoms with Gasteiger partial charge in [-0.15, -0.1) is 0 Å². The monoisotopic (exact) mass is 176 g/mol. The molecule has 0 aromatic heterocycles. The molecule has 0 amide bonds. The molecule has 0 spiro atoms. The van der Waals surface area contributed by atoms with Crippen LogP contribution in [0, 0.1) is 5.82 Å². The van der Waals surface area contributed by atoms with Crippen LogP contribution in [0.25, 0.3) is 10.8 Å². The molecule has 0 saturated heterocycles. The molecular weight excluding hydrogens is 167 g/mol. The van der Waals surface area contributed by atoms with Crippen LogP contribution in [0.15, 0.2) is 36.4 Å². The maximum atomic E-state index is 12.8. The fourth-order valence-electron chi connectivity index (χ4n) is 1.40. The molecule has 1 nitrogen and oxygen atoms in total. The van der Waals surface area contributed by atoms with Gasteiger partial charge in [-0.2, -0.15) is 0 Å². The van der Waals surface area contributed by atoms with E-state index in [9.17, 15) is 4.39 Å². The highest BCUT2D eigenvalue weighted by Crippen LogP contribution is 2.25. The summed E-state index contributed by atoms with van der Waals surface area (Å²) in [7, 11) is 1.61. The van der Waals surface area contributed by atoms with Gasteiger partial charge in [0, 0.05) is 5.39 Å². The zero-order valence-corrected chi connectivity index (χ0v) is 7.25. The first-order chi connectivity index (χ1) is 6.31. The smallest absolute Gasteiger partial charge is 0.126 e. The maximum Gasteiger partial charge on any atom is 0.126 e. The van der Waals surface area contributed by atoms with Gasteiger partial charge in [0.15, 0.2) is 0 Å². The first kappa shape index (κ1) is 8.05. The van der Waals surface area contributed by atoms with Crippen LogP contribution in [-0.2, 0) is 0 Å². The largest absolute Gasteiger partial charge is 0.496 e. The molecule has 0 heterocycles. The second kappa shape index (κ2) is 3.05. The third kappa shape index (κ3) is 1.35. The van der Waals surface area contributed by atoms with Crippen LogP contribution in [0.1, 0.15) is 0 Å². The van der Waals surface area contributed by atoms with E-state index in [1.54, 1.807) is 13.2 Å². The zero-order valence-electron chi connectivity index (χ0n) is 7.25. The molecule has 0 N–H and O–H groups in total. The Bertz CT molecular complexity index is 437. The molecule has 2 aromatic carbocycles. The lowest BCUT2D eigenvalue weighted by molar-refractivity contribution is 0.420. The van der Waals surface area contributed by atoms with Crippen molar-refractivity contribution in [3.63, 3.8) is 0 Å². The molecule has 0 aliphatic heterocycles. The van der Waals surface area contributed by atoms with Gasteiger partial charge < -0.3 is 4.74 Å². The molecule has 0 fully saturated rings. The summed E-state index contributed by atoms with van der Waals surface area (Å²) in [4.78, 5) is 0. The Labute approximate surface area is 75.8 Å². The fraction of sp³-hybridized carbons (Fsp3) is 0.0909. The number of benzene rings is 2. The van der Waals surface area contributed by atoms with Crippen molar-refractivity contribution in [2.45, 2.75) is 0 Å². The molecule has 0 unspecified atom stereocenters. The predicted octanol–water partition coefficient (Wildman–Crippen LogP) is 2.99. The van der Waals surface area contributed by atoms with E-state index in [-0.39, 0.29) is 5.82 Å². The quantitative estimate of drug-likeness (QED) is 0.649. The van der Waals surface area contributed by atoms with E-state index >= 15 is 0 Å². The Balaban J connectivity index is 2.77. The van der Waals surface area contributed by atoms with Crippen molar-refractivity contribution in [1.82, 2.24) is 0 Å². The third-order valence-corrected chi connectivity index (χ3v) is 2.02. The van der Waals surface area contributed by atoms with Gasteiger partial charge in [0.2, 0.25) is 0 Å². The first-order valence-electron chi connectivity index (χ1n) is 4.03. The summed E-state index contributed by atoms with van der Waals surface area (Å²) in [6, 6.07) is 10.2. The third-order valence-electron chi connectivity index (χ3n) is 2.02. The molecule has 2 rings (SSSR count). The lowest BCUT2D eigenvalue weighted by Crippen LogP contribution is -1.84. The van der Waals surface area contributed by atoms with Crippen molar-refractivity contribution in [3.05, 3.63) is 42.2 Å². The lowest BCUT2D eigenvalue weighted by Gasteiger charge is -2.04. The van der Waals surface area contributed by atoms with E-state index in [4.69, 9.17) is 4.74 Å². The number of rotatable bonds is 1. The van der Waals surface area contributed by atoms with E-state index in [2.05, 4.69) is 0 Å². The normalized spacial score (nSPS) is 10.3. The SMILES string of the molecule is COc1cccc2cc(F)ccc12. The Morgan fingerprint density at radius 1 is 1.15 bits per heavy atom. The van der Waals surface area contributed by atoms with Crippen LogP contribution in [-0.4, -0.2) is 7.11 Å². The number of halogens is 1. The van der Waals surface area contributed by atoms with E-state index in [0.717, 1.165) is 16.5 Å². The summed E-state index contributed by atoms with van der Waals surface area (Å²) in [5, 5.41) is 1.80. The van der Waals surface area contributed by atoms with Crippen molar-refractivity contribution in [1.29, 1.82) is 0 Å². The predicted molar refractivity (Wildman–Crippen MR) is 50.5 cm³/mol. The standard InChI is InChI=1S/C11H9FO/c1-13-11-4-2-3-8-7-9(12)5-6-10(8)11/h2-7H,1H3. The first-order valence-corrected chi connectivity index (χ1v) is 4.03. The van der Waals surface area contributed by atoms with E-state index in [1.165, 1.54) is 12.1 Å². The van der Waals surface area contributed by atoms with Crippen molar-refractivity contribution in [2.75, 3.05) is 7.11 Å². The van der Waals surface area contributed by atoms with Gasteiger partial charge >= 0.3 is 0 Å². The van der Waals surface area contributed by atoms with Gasteiger partial charge in [0.05, 0.1) is 7.11 Å². The van der Waals surface area contributed by atoms with Gasteiger partial charge in [-0.05, 0) is 29.7 Å².